The average Bonchev–Trinajstić information content (AvgIpc) is 1.51. The van der Waals surface area contributed by atoms with E-state index in [1.54, 1.807) is 146 Å². The van der Waals surface area contributed by atoms with Crippen LogP contribution >= 0.6 is 45.3 Å². The van der Waals surface area contributed by atoms with Gasteiger partial charge in [0.05, 0.1) is 40.0 Å². The monoisotopic (exact) mass is 1380 g/mol. The highest BCUT2D eigenvalue weighted by Gasteiger charge is 2.64. The molecule has 14 rings (SSSR count). The standard InChI is InChI=1S/C72H34F4N6O12S4/c73-45-21-41-43(23-47(45)75)59(83)57(53(41)39(27-77)28-78)81-51-25-49-61(95-51)63-55(71(93-49,67(85)89-31-35-13-5-1-6-14-35)68(86)90-32-36-15-7-2-8-16-36)65-66(97-63)56-64(98-65)62-50(26-52(96-62)82-58-54(40(29-79)30-80)42-22-46(74)48(76)24-44(42)60(58)84)94-72(56,69(87)91-33-37-17-9-3-10-18-37)70(88)92-34-38-19-11-4-12-20-38/h1-26H,31-34H2/b81-57-,82-58-. The number of hydrogen-bond donors (Lipinski definition) is 0. The topological polar surface area (TPSA) is 278 Å². The number of carbonyl (C=O) groups is 6. The second-order valence-electron chi connectivity index (χ2n) is 21.8. The molecule has 0 saturated heterocycles. The Morgan fingerprint density at radius 2 is 0.694 bits per heavy atom. The van der Waals surface area contributed by atoms with Gasteiger partial charge in [-0.2, -0.15) is 21.0 Å². The molecular formula is C72H34F4N6O12S4. The molecule has 0 saturated carbocycles. The zero-order chi connectivity index (χ0) is 68.3. The molecule has 10 aromatic rings. The lowest BCUT2D eigenvalue weighted by Crippen LogP contribution is -2.52. The molecule has 2 aliphatic heterocycles. The first-order valence-corrected chi connectivity index (χ1v) is 32.2. The molecule has 0 unspecified atom stereocenters. The van der Waals surface area contributed by atoms with Crippen LogP contribution in [0.25, 0.3) is 40.1 Å². The quantitative estimate of drug-likeness (QED) is 0.0321. The van der Waals surface area contributed by atoms with E-state index in [9.17, 15) is 48.2 Å². The number of ketones is 2. The lowest BCUT2D eigenvalue weighted by Gasteiger charge is -2.33. The highest BCUT2D eigenvalue weighted by molar-refractivity contribution is 7.35. The van der Waals surface area contributed by atoms with Gasteiger partial charge >= 0.3 is 35.1 Å². The molecule has 4 aromatic heterocycles. The third kappa shape index (κ3) is 10.5. The molecule has 0 bridgehead atoms. The normalized spacial score (nSPS) is 14.8. The molecular weight excluding hydrogens is 1350 g/mol. The van der Waals surface area contributed by atoms with Crippen LogP contribution in [0, 0.1) is 68.6 Å². The van der Waals surface area contributed by atoms with Gasteiger partial charge in [-0.25, -0.2) is 46.7 Å². The van der Waals surface area contributed by atoms with Crippen LogP contribution < -0.4 is 9.47 Å². The molecule has 0 fully saturated rings. The predicted molar refractivity (Wildman–Crippen MR) is 348 cm³/mol. The fourth-order valence-electron chi connectivity index (χ4n) is 11.5. The minimum atomic E-state index is -3.04. The van der Waals surface area contributed by atoms with Crippen LogP contribution in [0.4, 0.5) is 27.6 Å². The number of carbonyl (C=O) groups excluding carboxylic acids is 6. The van der Waals surface area contributed by atoms with Crippen molar-refractivity contribution in [1.29, 1.82) is 21.0 Å². The summed E-state index contributed by atoms with van der Waals surface area (Å²) in [6.45, 7) is -1.85. The first kappa shape index (κ1) is 63.1. The van der Waals surface area contributed by atoms with E-state index in [2.05, 4.69) is 9.98 Å². The Hall–Kier alpha value is -12.3. The number of thiophene rings is 4. The van der Waals surface area contributed by atoms with Gasteiger partial charge in [0.1, 0.15) is 94.8 Å². The smallest absolute Gasteiger partial charge is 0.367 e. The van der Waals surface area contributed by atoms with Crippen LogP contribution in [0.2, 0.25) is 0 Å². The van der Waals surface area contributed by atoms with Crippen molar-refractivity contribution in [2.45, 2.75) is 37.6 Å². The Bertz CT molecular complexity index is 5000. The summed E-state index contributed by atoms with van der Waals surface area (Å²) >= 11 is 3.19. The Morgan fingerprint density at radius 3 is 0.980 bits per heavy atom. The maximum atomic E-state index is 15.9. The van der Waals surface area contributed by atoms with Gasteiger partial charge in [0.15, 0.2) is 23.3 Å². The highest BCUT2D eigenvalue weighted by atomic mass is 32.1. The van der Waals surface area contributed by atoms with Crippen molar-refractivity contribution in [2.75, 3.05) is 0 Å². The van der Waals surface area contributed by atoms with Gasteiger partial charge in [0.2, 0.25) is 11.6 Å². The van der Waals surface area contributed by atoms with Crippen LogP contribution in [-0.4, -0.2) is 46.9 Å². The summed E-state index contributed by atoms with van der Waals surface area (Å²) in [5.74, 6) is -13.6. The molecule has 4 aliphatic rings. The van der Waals surface area contributed by atoms with Gasteiger partial charge < -0.3 is 28.4 Å². The molecule has 26 heteroatoms. The number of rotatable bonds is 14. The Balaban J connectivity index is 1.04. The summed E-state index contributed by atoms with van der Waals surface area (Å²) in [4.78, 5) is 101. The summed E-state index contributed by atoms with van der Waals surface area (Å²) in [5, 5.41) is 40.3. The van der Waals surface area contributed by atoms with E-state index in [1.807, 2.05) is 0 Å². The number of aliphatic imine (C=N–C) groups is 2. The summed E-state index contributed by atoms with van der Waals surface area (Å²) in [6.07, 6.45) is 0. The first-order valence-electron chi connectivity index (χ1n) is 29.0. The number of esters is 4. The molecule has 0 amide bonds. The summed E-state index contributed by atoms with van der Waals surface area (Å²) in [6, 6.07) is 45.2. The molecule has 18 nitrogen and oxygen atoms in total. The van der Waals surface area contributed by atoms with Crippen LogP contribution in [0.15, 0.2) is 179 Å². The van der Waals surface area contributed by atoms with Crippen LogP contribution in [0.1, 0.15) is 65.2 Å². The summed E-state index contributed by atoms with van der Waals surface area (Å²) in [7, 11) is 0. The van der Waals surface area contributed by atoms with Gasteiger partial charge in [0, 0.05) is 45.5 Å². The minimum Gasteiger partial charge on any atom is -0.458 e. The molecule has 0 radical (unpaired) electrons. The highest BCUT2D eigenvalue weighted by Crippen LogP contribution is 2.65. The van der Waals surface area contributed by atoms with Gasteiger partial charge in [-0.15, -0.1) is 45.3 Å². The van der Waals surface area contributed by atoms with Crippen molar-refractivity contribution in [3.05, 3.63) is 248 Å². The zero-order valence-corrected chi connectivity index (χ0v) is 52.8. The number of halogens is 4. The van der Waals surface area contributed by atoms with E-state index in [-0.39, 0.29) is 72.7 Å². The van der Waals surface area contributed by atoms with Crippen molar-refractivity contribution in [2.24, 2.45) is 9.98 Å². The maximum Gasteiger partial charge on any atom is 0.367 e. The van der Waals surface area contributed by atoms with Gasteiger partial charge in [-0.05, 0) is 46.5 Å². The van der Waals surface area contributed by atoms with Gasteiger partial charge in [0.25, 0.3) is 0 Å². The Labute approximate surface area is 565 Å². The average molecular weight is 1380 g/mol. The number of fused-ring (bicyclic) bond motifs is 11. The maximum absolute atomic E-state index is 15.9. The van der Waals surface area contributed by atoms with Gasteiger partial charge in [-0.3, -0.25) is 9.59 Å². The van der Waals surface area contributed by atoms with Crippen molar-refractivity contribution < 1.29 is 74.8 Å². The number of nitrogens with zero attached hydrogens (tertiary/aromatic N) is 6. The number of nitriles is 4. The fraction of sp³-hybridized carbons (Fsp3) is 0.0833. The SMILES string of the molecule is N#CC(C#N)=C1/C(=N/c2cc3c(s2)-c2sc4c5c(sc4c2C(C(=O)OCc2ccccc2)(C(=O)OCc2ccccc2)O3)-c2sc(/N=C3\C(=O)c4cc(F)c(F)cc4C3=C(C#N)C#N)cc2OC5(C(=O)OCc2ccccc2)C(=O)OCc2ccccc2)C(=O)c2cc(F)c(F)cc21. The first-order chi connectivity index (χ1) is 47.5. The van der Waals surface area contributed by atoms with Crippen LogP contribution in [0.3, 0.4) is 0 Å². The van der Waals surface area contributed by atoms with E-state index in [4.69, 9.17) is 28.4 Å². The van der Waals surface area contributed by atoms with E-state index >= 15 is 19.2 Å². The lowest BCUT2D eigenvalue weighted by atomic mass is 9.88. The Kier molecular flexibility index (Phi) is 16.2. The summed E-state index contributed by atoms with van der Waals surface area (Å²) in [5.41, 5.74) is -9.69. The molecule has 2 aliphatic carbocycles. The molecule has 0 spiro atoms. The zero-order valence-electron chi connectivity index (χ0n) is 49.6. The molecule has 0 N–H and O–H groups in total. The lowest BCUT2D eigenvalue weighted by molar-refractivity contribution is -0.184. The van der Waals surface area contributed by atoms with E-state index in [1.165, 1.54) is 12.1 Å². The van der Waals surface area contributed by atoms with E-state index in [0.717, 1.165) is 45.3 Å². The second kappa shape index (κ2) is 25.1. The van der Waals surface area contributed by atoms with Crippen molar-refractivity contribution >= 4 is 123 Å². The number of ether oxygens (including phenoxy) is 6. The van der Waals surface area contributed by atoms with Crippen LogP contribution in [-0.2, 0) is 75.8 Å². The van der Waals surface area contributed by atoms with E-state index < -0.39 is 141 Å². The number of hydrogen-bond acceptors (Lipinski definition) is 22. The number of allylic oxidation sites excluding steroid dienone is 4. The largest absolute Gasteiger partial charge is 0.458 e. The third-order valence-electron chi connectivity index (χ3n) is 16.0. The number of Topliss-reactive ketones (excluding diaryl/α,β-unsaturated/α-hetero) is 2. The molecule has 476 valence electrons. The summed E-state index contributed by atoms with van der Waals surface area (Å²) < 4.78 is 97.8. The van der Waals surface area contributed by atoms with Crippen molar-refractivity contribution in [1.82, 2.24) is 0 Å². The van der Waals surface area contributed by atoms with Crippen molar-refractivity contribution in [3.8, 4) is 55.3 Å². The third-order valence-corrected chi connectivity index (χ3v) is 20.9. The molecule has 98 heavy (non-hydrogen) atoms. The molecule has 0 atom stereocenters. The van der Waals surface area contributed by atoms with Crippen LogP contribution in [0.5, 0.6) is 11.5 Å². The predicted octanol–water partition coefficient (Wildman–Crippen LogP) is 14.7. The minimum absolute atomic E-state index is 0.0151. The fourth-order valence-corrected chi connectivity index (χ4v) is 16.8. The Morgan fingerprint density at radius 1 is 0.408 bits per heavy atom. The molecule has 6 heterocycles. The molecule has 6 aromatic carbocycles. The van der Waals surface area contributed by atoms with Crippen molar-refractivity contribution in [3.63, 3.8) is 0 Å². The number of benzene rings is 6. The van der Waals surface area contributed by atoms with E-state index in [0.29, 0.717) is 46.5 Å². The van der Waals surface area contributed by atoms with Gasteiger partial charge in [-0.1, -0.05) is 121 Å². The second-order valence-corrected chi connectivity index (χ2v) is 25.9.